The summed E-state index contributed by atoms with van der Waals surface area (Å²) in [6.45, 7) is 3.71. The van der Waals surface area contributed by atoms with Crippen molar-refractivity contribution in [3.63, 3.8) is 0 Å². The Morgan fingerprint density at radius 2 is 2.05 bits per heavy atom. The molecule has 1 atom stereocenters. The molecule has 6 heteroatoms. The Labute approximate surface area is 139 Å². The maximum atomic E-state index is 6.01. The summed E-state index contributed by atoms with van der Waals surface area (Å²) in [5, 5.41) is 3.14. The lowest BCUT2D eigenvalue weighted by molar-refractivity contribution is -0.0721. The van der Waals surface area contributed by atoms with Gasteiger partial charge in [-0.2, -0.15) is 0 Å². The van der Waals surface area contributed by atoms with E-state index in [1.165, 1.54) is 12.8 Å². The molecule has 0 amide bonds. The van der Waals surface area contributed by atoms with Gasteiger partial charge in [0, 0.05) is 33.8 Å². The van der Waals surface area contributed by atoms with Crippen LogP contribution in [0.5, 0.6) is 0 Å². The van der Waals surface area contributed by atoms with Crippen LogP contribution >= 0.6 is 24.0 Å². The fraction of sp³-hybridized carbons (Fsp3) is 0.929. The molecule has 0 radical (unpaired) electrons. The van der Waals surface area contributed by atoms with Crippen LogP contribution in [0.25, 0.3) is 0 Å². The highest BCUT2D eigenvalue weighted by atomic mass is 127. The monoisotopic (exact) mass is 397 g/mol. The Morgan fingerprint density at radius 1 is 1.30 bits per heavy atom. The van der Waals surface area contributed by atoms with Crippen molar-refractivity contribution in [3.8, 4) is 0 Å². The molecule has 0 aromatic carbocycles. The van der Waals surface area contributed by atoms with Crippen LogP contribution in [0.2, 0.25) is 0 Å². The lowest BCUT2D eigenvalue weighted by Gasteiger charge is -2.34. The molecule has 5 nitrogen and oxygen atoms in total. The van der Waals surface area contributed by atoms with Crippen LogP contribution in [0.15, 0.2) is 4.99 Å². The van der Waals surface area contributed by atoms with Crippen molar-refractivity contribution in [2.45, 2.75) is 44.3 Å². The molecule has 1 N–H and O–H groups in total. The van der Waals surface area contributed by atoms with Crippen molar-refractivity contribution in [3.05, 3.63) is 0 Å². The van der Waals surface area contributed by atoms with Gasteiger partial charge >= 0.3 is 0 Å². The van der Waals surface area contributed by atoms with E-state index in [9.17, 15) is 0 Å². The van der Waals surface area contributed by atoms with Crippen LogP contribution in [-0.2, 0) is 9.47 Å². The van der Waals surface area contributed by atoms with Crippen molar-refractivity contribution in [1.29, 1.82) is 0 Å². The summed E-state index contributed by atoms with van der Waals surface area (Å²) in [5.74, 6) is 0.981. The topological polar surface area (TPSA) is 46.1 Å². The molecule has 1 unspecified atom stereocenters. The van der Waals surface area contributed by atoms with E-state index < -0.39 is 0 Å². The zero-order valence-corrected chi connectivity index (χ0v) is 15.0. The summed E-state index contributed by atoms with van der Waals surface area (Å²) in [7, 11) is 3.75. The zero-order valence-electron chi connectivity index (χ0n) is 12.6. The number of rotatable bonds is 3. The van der Waals surface area contributed by atoms with E-state index in [2.05, 4.69) is 15.2 Å². The number of aliphatic imine (C=N–C) groups is 1. The number of halogens is 1. The van der Waals surface area contributed by atoms with Crippen molar-refractivity contribution in [1.82, 2.24) is 10.2 Å². The fourth-order valence-corrected chi connectivity index (χ4v) is 2.83. The number of guanidine groups is 1. The SMILES string of the molecule is CN=C(NC)N1CCC(OCC2CCCCO2)CC1.I. The Kier molecular flexibility index (Phi) is 8.79. The van der Waals surface area contributed by atoms with E-state index in [4.69, 9.17) is 9.47 Å². The number of nitrogens with one attached hydrogen (secondary N) is 1. The smallest absolute Gasteiger partial charge is 0.193 e. The molecule has 2 heterocycles. The lowest BCUT2D eigenvalue weighted by Crippen LogP contribution is -2.46. The molecular weight excluding hydrogens is 369 g/mol. The predicted octanol–water partition coefficient (Wildman–Crippen LogP) is 1.86. The fourth-order valence-electron chi connectivity index (χ4n) is 2.83. The van der Waals surface area contributed by atoms with Gasteiger partial charge in [0.25, 0.3) is 0 Å². The quantitative estimate of drug-likeness (QED) is 0.449. The first-order valence-corrected chi connectivity index (χ1v) is 7.46. The third-order valence-corrected chi connectivity index (χ3v) is 3.97. The minimum Gasteiger partial charge on any atom is -0.376 e. The van der Waals surface area contributed by atoms with Gasteiger partial charge in [0.05, 0.1) is 18.8 Å². The highest BCUT2D eigenvalue weighted by Gasteiger charge is 2.23. The molecule has 0 spiro atoms. The molecule has 0 bridgehead atoms. The first kappa shape index (κ1) is 18.0. The maximum absolute atomic E-state index is 6.01. The van der Waals surface area contributed by atoms with Crippen LogP contribution < -0.4 is 5.32 Å². The number of hydrogen-bond acceptors (Lipinski definition) is 3. The average Bonchev–Trinajstić information content (AvgIpc) is 2.49. The molecule has 2 saturated heterocycles. The Hall–Kier alpha value is -0.0800. The molecule has 2 fully saturated rings. The van der Waals surface area contributed by atoms with E-state index >= 15 is 0 Å². The first-order chi connectivity index (χ1) is 9.33. The minimum absolute atomic E-state index is 0. The molecule has 0 aromatic heterocycles. The van der Waals surface area contributed by atoms with Gasteiger partial charge in [0.2, 0.25) is 0 Å². The molecule has 2 aliphatic heterocycles. The van der Waals surface area contributed by atoms with Crippen LogP contribution in [0, 0.1) is 0 Å². The van der Waals surface area contributed by atoms with Crippen molar-refractivity contribution >= 4 is 29.9 Å². The van der Waals surface area contributed by atoms with Gasteiger partial charge in [-0.3, -0.25) is 4.99 Å². The van der Waals surface area contributed by atoms with Gasteiger partial charge in [-0.05, 0) is 32.1 Å². The van der Waals surface area contributed by atoms with Gasteiger partial charge in [-0.1, -0.05) is 0 Å². The molecule has 0 saturated carbocycles. The second kappa shape index (κ2) is 9.78. The van der Waals surface area contributed by atoms with Crippen LogP contribution in [-0.4, -0.2) is 63.5 Å². The molecular formula is C14H28IN3O2. The van der Waals surface area contributed by atoms with Crippen molar-refractivity contribution in [2.75, 3.05) is 40.4 Å². The Morgan fingerprint density at radius 3 is 2.60 bits per heavy atom. The first-order valence-electron chi connectivity index (χ1n) is 7.46. The van der Waals surface area contributed by atoms with E-state index in [1.807, 2.05) is 14.1 Å². The van der Waals surface area contributed by atoms with Crippen molar-refractivity contribution in [2.24, 2.45) is 4.99 Å². The molecule has 2 aliphatic rings. The van der Waals surface area contributed by atoms with Crippen LogP contribution in [0.1, 0.15) is 32.1 Å². The van der Waals surface area contributed by atoms with E-state index in [0.717, 1.165) is 51.5 Å². The number of nitrogens with zero attached hydrogens (tertiary/aromatic N) is 2. The van der Waals surface area contributed by atoms with Crippen LogP contribution in [0.3, 0.4) is 0 Å². The second-order valence-electron chi connectivity index (χ2n) is 5.31. The minimum atomic E-state index is 0. The summed E-state index contributed by atoms with van der Waals surface area (Å²) in [4.78, 5) is 6.53. The van der Waals surface area contributed by atoms with E-state index in [-0.39, 0.29) is 24.0 Å². The predicted molar refractivity (Wildman–Crippen MR) is 92.0 cm³/mol. The zero-order chi connectivity index (χ0) is 13.5. The highest BCUT2D eigenvalue weighted by Crippen LogP contribution is 2.17. The van der Waals surface area contributed by atoms with Gasteiger partial charge < -0.3 is 19.7 Å². The number of likely N-dealkylation sites (tertiary alicyclic amines) is 1. The summed E-state index contributed by atoms with van der Waals surface area (Å²) in [6.07, 6.45) is 6.52. The number of hydrogen-bond donors (Lipinski definition) is 1. The standard InChI is InChI=1S/C14H27N3O2.HI/c1-15-14(16-2)17-8-6-12(7-9-17)19-11-13-5-3-4-10-18-13;/h12-13H,3-11H2,1-2H3,(H,15,16);1H. The summed E-state index contributed by atoms with van der Waals surface area (Å²) in [5.41, 5.74) is 0. The largest absolute Gasteiger partial charge is 0.376 e. The van der Waals surface area contributed by atoms with E-state index in [1.54, 1.807) is 0 Å². The highest BCUT2D eigenvalue weighted by molar-refractivity contribution is 14.0. The molecule has 20 heavy (non-hydrogen) atoms. The molecule has 0 aromatic rings. The molecule has 0 aliphatic carbocycles. The van der Waals surface area contributed by atoms with Crippen molar-refractivity contribution < 1.29 is 9.47 Å². The summed E-state index contributed by atoms with van der Waals surface area (Å²) in [6, 6.07) is 0. The Balaban J connectivity index is 0.00000200. The second-order valence-corrected chi connectivity index (χ2v) is 5.31. The summed E-state index contributed by atoms with van der Waals surface area (Å²) < 4.78 is 11.7. The van der Waals surface area contributed by atoms with E-state index in [0.29, 0.717) is 12.2 Å². The third kappa shape index (κ3) is 5.37. The number of piperidine rings is 1. The third-order valence-electron chi connectivity index (χ3n) is 3.97. The summed E-state index contributed by atoms with van der Waals surface area (Å²) >= 11 is 0. The maximum Gasteiger partial charge on any atom is 0.193 e. The van der Waals surface area contributed by atoms with Gasteiger partial charge in [0.1, 0.15) is 0 Å². The number of ether oxygens (including phenoxy) is 2. The Bertz CT molecular complexity index is 288. The average molecular weight is 397 g/mol. The van der Waals surface area contributed by atoms with Gasteiger partial charge in [0.15, 0.2) is 5.96 Å². The lowest BCUT2D eigenvalue weighted by atomic mass is 10.1. The molecule has 2 rings (SSSR count). The van der Waals surface area contributed by atoms with Crippen LogP contribution in [0.4, 0.5) is 0 Å². The van der Waals surface area contributed by atoms with Gasteiger partial charge in [-0.15, -0.1) is 24.0 Å². The normalized spacial score (nSPS) is 25.2. The van der Waals surface area contributed by atoms with Gasteiger partial charge in [-0.25, -0.2) is 0 Å². The molecule has 118 valence electrons.